The van der Waals surface area contributed by atoms with E-state index < -0.39 is 12.2 Å². The number of aromatic nitrogens is 1. The van der Waals surface area contributed by atoms with Gasteiger partial charge in [0.25, 0.3) is 5.91 Å². The molecule has 1 aromatic heterocycles. The Hall–Kier alpha value is -2.19. The Bertz CT molecular complexity index is 712. The summed E-state index contributed by atoms with van der Waals surface area (Å²) in [6, 6.07) is 5.15. The van der Waals surface area contributed by atoms with E-state index in [9.17, 15) is 9.59 Å². The van der Waals surface area contributed by atoms with Crippen LogP contribution in [0.25, 0.3) is 10.2 Å². The second-order valence-corrected chi connectivity index (χ2v) is 6.12. The second-order valence-electron chi connectivity index (χ2n) is 5.05. The predicted octanol–water partition coefficient (Wildman–Crippen LogP) is 1.50. The van der Waals surface area contributed by atoms with Gasteiger partial charge < -0.3 is 10.6 Å². The molecule has 1 atom stereocenters. The van der Waals surface area contributed by atoms with Crippen molar-refractivity contribution in [2.24, 2.45) is 0 Å². The molecule has 7 nitrogen and oxygen atoms in total. The first-order valence-corrected chi connectivity index (χ1v) is 7.38. The molecule has 0 spiro atoms. The monoisotopic (exact) mass is 305 g/mol. The molecule has 1 unspecified atom stereocenters. The fraction of sp³-hybridized carbons (Fsp3) is 0.308. The minimum absolute atomic E-state index is 0.332. The van der Waals surface area contributed by atoms with Gasteiger partial charge in [-0.2, -0.15) is 0 Å². The maximum Gasteiger partial charge on any atom is 0.330 e. The normalized spacial score (nSPS) is 17.9. The molecule has 2 aromatic rings. The number of benzene rings is 1. The Labute approximate surface area is 125 Å². The molecule has 1 fully saturated rings. The van der Waals surface area contributed by atoms with Gasteiger partial charge in [-0.25, -0.2) is 15.2 Å². The van der Waals surface area contributed by atoms with Gasteiger partial charge in [-0.1, -0.05) is 13.8 Å². The minimum atomic E-state index is -0.777. The van der Waals surface area contributed by atoms with Crippen LogP contribution >= 0.6 is 11.3 Å². The zero-order chi connectivity index (χ0) is 15.0. The lowest BCUT2D eigenvalue weighted by Crippen LogP contribution is -2.44. The molecule has 3 rings (SSSR count). The van der Waals surface area contributed by atoms with Crippen molar-refractivity contribution in [3.05, 3.63) is 23.2 Å². The standard InChI is InChI=1S/C13H15N5O2S/c1-6(2)12-15-8-4-3-7(5-9(8)21-12)14-11(19)10-16-13(20)18-17-10/h3-6,10,17H,1-2H3,(H,14,19)(H2,16,18,20). The lowest BCUT2D eigenvalue weighted by molar-refractivity contribution is -0.118. The van der Waals surface area contributed by atoms with E-state index in [0.29, 0.717) is 11.6 Å². The fourth-order valence-electron chi connectivity index (χ4n) is 1.95. The number of nitrogens with one attached hydrogen (secondary N) is 4. The Morgan fingerprint density at radius 1 is 1.43 bits per heavy atom. The number of thiazole rings is 1. The summed E-state index contributed by atoms with van der Waals surface area (Å²) in [6.07, 6.45) is -0.777. The van der Waals surface area contributed by atoms with E-state index in [2.05, 4.69) is 40.3 Å². The van der Waals surface area contributed by atoms with Crippen molar-refractivity contribution in [2.75, 3.05) is 5.32 Å². The van der Waals surface area contributed by atoms with Gasteiger partial charge in [-0.3, -0.25) is 10.2 Å². The molecule has 0 saturated carbocycles. The molecule has 4 N–H and O–H groups in total. The van der Waals surface area contributed by atoms with Gasteiger partial charge in [0, 0.05) is 11.6 Å². The molecule has 1 saturated heterocycles. The number of anilines is 1. The third kappa shape index (κ3) is 2.81. The van der Waals surface area contributed by atoms with E-state index in [1.54, 1.807) is 17.4 Å². The number of carbonyl (C=O) groups excluding carboxylic acids is 2. The first-order valence-electron chi connectivity index (χ1n) is 6.56. The van der Waals surface area contributed by atoms with Crippen molar-refractivity contribution in [3.63, 3.8) is 0 Å². The number of hydrogen-bond donors (Lipinski definition) is 4. The van der Waals surface area contributed by atoms with Gasteiger partial charge in [0.2, 0.25) is 0 Å². The molecule has 0 bridgehead atoms. The van der Waals surface area contributed by atoms with Gasteiger partial charge in [-0.05, 0) is 18.2 Å². The Morgan fingerprint density at radius 3 is 2.90 bits per heavy atom. The highest BCUT2D eigenvalue weighted by molar-refractivity contribution is 7.18. The van der Waals surface area contributed by atoms with Crippen molar-refractivity contribution in [1.29, 1.82) is 0 Å². The van der Waals surface area contributed by atoms with Crippen LogP contribution in [0.1, 0.15) is 24.8 Å². The molecule has 2 heterocycles. The highest BCUT2D eigenvalue weighted by atomic mass is 32.1. The van der Waals surface area contributed by atoms with E-state index in [1.807, 2.05) is 12.1 Å². The molecule has 0 aliphatic carbocycles. The van der Waals surface area contributed by atoms with Crippen LogP contribution in [0.4, 0.5) is 10.5 Å². The lowest BCUT2D eigenvalue weighted by Gasteiger charge is -2.09. The maximum absolute atomic E-state index is 12.0. The van der Waals surface area contributed by atoms with Gasteiger partial charge in [0.1, 0.15) is 0 Å². The van der Waals surface area contributed by atoms with Crippen molar-refractivity contribution < 1.29 is 9.59 Å². The average Bonchev–Trinajstić information content (AvgIpc) is 3.04. The largest absolute Gasteiger partial charge is 0.330 e. The predicted molar refractivity (Wildman–Crippen MR) is 80.9 cm³/mol. The smallest absolute Gasteiger partial charge is 0.323 e. The first-order chi connectivity index (χ1) is 10.0. The molecular weight excluding hydrogens is 290 g/mol. The number of rotatable bonds is 3. The third-order valence-electron chi connectivity index (χ3n) is 3.03. The quantitative estimate of drug-likeness (QED) is 0.691. The first kappa shape index (κ1) is 13.8. The minimum Gasteiger partial charge on any atom is -0.323 e. The Kier molecular flexibility index (Phi) is 3.48. The molecule has 1 aliphatic heterocycles. The van der Waals surface area contributed by atoms with Crippen molar-refractivity contribution >= 4 is 39.2 Å². The highest BCUT2D eigenvalue weighted by Gasteiger charge is 2.26. The van der Waals surface area contributed by atoms with Crippen LogP contribution in [-0.4, -0.2) is 23.1 Å². The number of hydrogen-bond acceptors (Lipinski definition) is 5. The molecular formula is C13H15N5O2S. The van der Waals surface area contributed by atoms with Crippen LogP contribution in [0.2, 0.25) is 0 Å². The summed E-state index contributed by atoms with van der Waals surface area (Å²) in [5.41, 5.74) is 6.46. The average molecular weight is 305 g/mol. The van der Waals surface area contributed by atoms with Crippen LogP contribution < -0.4 is 21.5 Å². The van der Waals surface area contributed by atoms with Gasteiger partial charge >= 0.3 is 6.03 Å². The SMILES string of the molecule is CC(C)c1nc2ccc(NC(=O)C3NNC(=O)N3)cc2s1. The van der Waals surface area contributed by atoms with Crippen molar-refractivity contribution in [2.45, 2.75) is 25.9 Å². The summed E-state index contributed by atoms with van der Waals surface area (Å²) in [7, 11) is 0. The van der Waals surface area contributed by atoms with Crippen LogP contribution in [0.15, 0.2) is 18.2 Å². The second kappa shape index (κ2) is 5.30. The number of fused-ring (bicyclic) bond motifs is 1. The summed E-state index contributed by atoms with van der Waals surface area (Å²) in [4.78, 5) is 27.5. The summed E-state index contributed by atoms with van der Waals surface area (Å²) in [5, 5.41) is 6.28. The highest BCUT2D eigenvalue weighted by Crippen LogP contribution is 2.29. The van der Waals surface area contributed by atoms with Crippen molar-refractivity contribution in [1.82, 2.24) is 21.2 Å². The van der Waals surface area contributed by atoms with E-state index in [-0.39, 0.29) is 5.91 Å². The zero-order valence-corrected chi connectivity index (χ0v) is 12.4. The van der Waals surface area contributed by atoms with Crippen LogP contribution in [0, 0.1) is 0 Å². The van der Waals surface area contributed by atoms with Crippen LogP contribution in [0.5, 0.6) is 0 Å². The number of urea groups is 1. The third-order valence-corrected chi connectivity index (χ3v) is 4.35. The summed E-state index contributed by atoms with van der Waals surface area (Å²) >= 11 is 1.62. The molecule has 21 heavy (non-hydrogen) atoms. The lowest BCUT2D eigenvalue weighted by atomic mass is 10.2. The summed E-state index contributed by atoms with van der Waals surface area (Å²) < 4.78 is 1.03. The number of nitrogens with zero attached hydrogens (tertiary/aromatic N) is 1. The fourth-order valence-corrected chi connectivity index (χ4v) is 2.96. The van der Waals surface area contributed by atoms with Crippen molar-refractivity contribution in [3.8, 4) is 0 Å². The molecule has 3 amide bonds. The molecule has 8 heteroatoms. The number of amides is 3. The molecule has 110 valence electrons. The maximum atomic E-state index is 12.0. The van der Waals surface area contributed by atoms with Gasteiger partial charge in [-0.15, -0.1) is 11.3 Å². The molecule has 1 aromatic carbocycles. The topological polar surface area (TPSA) is 95.2 Å². The van der Waals surface area contributed by atoms with Crippen LogP contribution in [-0.2, 0) is 4.79 Å². The van der Waals surface area contributed by atoms with E-state index in [0.717, 1.165) is 15.2 Å². The Balaban J connectivity index is 1.78. The van der Waals surface area contributed by atoms with Gasteiger partial charge in [0.05, 0.1) is 15.2 Å². The van der Waals surface area contributed by atoms with Gasteiger partial charge in [0.15, 0.2) is 6.17 Å². The summed E-state index contributed by atoms with van der Waals surface area (Å²) in [6.45, 7) is 4.20. The molecule has 1 aliphatic rings. The Morgan fingerprint density at radius 2 is 2.24 bits per heavy atom. The van der Waals surface area contributed by atoms with E-state index in [4.69, 9.17) is 0 Å². The number of hydrazine groups is 1. The zero-order valence-electron chi connectivity index (χ0n) is 11.6. The summed E-state index contributed by atoms with van der Waals surface area (Å²) in [5.74, 6) is 0.0470. The van der Waals surface area contributed by atoms with E-state index >= 15 is 0 Å². The molecule has 0 radical (unpaired) electrons. The van der Waals surface area contributed by atoms with Crippen LogP contribution in [0.3, 0.4) is 0 Å². The number of carbonyl (C=O) groups is 2. The van der Waals surface area contributed by atoms with E-state index in [1.165, 1.54) is 0 Å².